The van der Waals surface area contributed by atoms with E-state index in [-0.39, 0.29) is 34.9 Å². The van der Waals surface area contributed by atoms with Crippen LogP contribution in [0.15, 0.2) is 60.0 Å². The molecule has 1 atom stereocenters. The summed E-state index contributed by atoms with van der Waals surface area (Å²) in [6, 6.07) is 14.3. The van der Waals surface area contributed by atoms with Crippen LogP contribution in [0.5, 0.6) is 0 Å². The van der Waals surface area contributed by atoms with Crippen LogP contribution in [-0.2, 0) is 17.5 Å². The molecule has 0 aliphatic heterocycles. The number of nitrogens with one attached hydrogen (secondary N) is 1. The Bertz CT molecular complexity index is 1120. The first-order valence-corrected chi connectivity index (χ1v) is 9.59. The first-order valence-electron chi connectivity index (χ1n) is 11.7. The molecule has 1 amide bonds. The lowest BCUT2D eigenvalue weighted by atomic mass is 10.0. The summed E-state index contributed by atoms with van der Waals surface area (Å²) in [5, 5.41) is 14.3. The Morgan fingerprint density at radius 2 is 1.96 bits per heavy atom. The number of rotatable bonds is 9. The highest BCUT2D eigenvalue weighted by molar-refractivity contribution is 7.13. The van der Waals surface area contributed by atoms with E-state index in [1.54, 1.807) is 24.3 Å². The highest BCUT2D eigenvalue weighted by atomic mass is 32.1. The van der Waals surface area contributed by atoms with Gasteiger partial charge in [-0.1, -0.05) is 48.9 Å². The SMILES string of the molecule is [2H]C([2H])(C(=O)Nc1ccc(C([2H])([2H])C([2H])([2H])CC[C@H](O)c2ccccc2)cc1)c1csc(N)n1. The first kappa shape index (κ1) is 13.5. The van der Waals surface area contributed by atoms with Crippen LogP contribution >= 0.6 is 11.3 Å². The van der Waals surface area contributed by atoms with Crippen LogP contribution in [0, 0.1) is 0 Å². The van der Waals surface area contributed by atoms with E-state index >= 15 is 0 Å². The fraction of sp³-hybridized carbons (Fsp3) is 0.273. The van der Waals surface area contributed by atoms with Crippen LogP contribution < -0.4 is 11.1 Å². The Balaban J connectivity index is 1.67. The number of aryl methyl sites for hydroxylation is 1. The van der Waals surface area contributed by atoms with Crippen LogP contribution in [0.25, 0.3) is 0 Å². The second-order valence-corrected chi connectivity index (χ2v) is 6.88. The van der Waals surface area contributed by atoms with Gasteiger partial charge in [0.2, 0.25) is 5.91 Å². The van der Waals surface area contributed by atoms with Gasteiger partial charge in [-0.05, 0) is 42.4 Å². The van der Waals surface area contributed by atoms with Crippen molar-refractivity contribution in [1.82, 2.24) is 4.98 Å². The standard InChI is InChI=1S/C22H25N3O2S/c23-22-25-19(15-28-22)14-21(27)24-18-12-10-16(11-13-18)6-4-5-9-20(26)17-7-2-1-3-8-17/h1-3,7-8,10-13,15,20,26H,4-6,9,14H2,(H2,23,25)(H,24,27)/t20-/m0/s1/i4D2,6D2,14D2. The lowest BCUT2D eigenvalue weighted by Gasteiger charge is -2.10. The number of aromatic nitrogens is 1. The zero-order valence-corrected chi connectivity index (χ0v) is 15.9. The summed E-state index contributed by atoms with van der Waals surface area (Å²) in [5.74, 6) is -0.959. The largest absolute Gasteiger partial charge is 0.388 e. The van der Waals surface area contributed by atoms with Gasteiger partial charge in [-0.15, -0.1) is 11.3 Å². The fourth-order valence-electron chi connectivity index (χ4n) is 2.48. The van der Waals surface area contributed by atoms with Gasteiger partial charge in [-0.25, -0.2) is 4.98 Å². The van der Waals surface area contributed by atoms with Crippen LogP contribution in [0.1, 0.15) is 50.4 Å². The van der Waals surface area contributed by atoms with Crippen molar-refractivity contribution in [2.24, 2.45) is 0 Å². The van der Waals surface area contributed by atoms with Gasteiger partial charge >= 0.3 is 0 Å². The Morgan fingerprint density at radius 1 is 1.21 bits per heavy atom. The summed E-state index contributed by atoms with van der Waals surface area (Å²) in [5.41, 5.74) is 6.32. The molecule has 0 bridgehead atoms. The molecule has 28 heavy (non-hydrogen) atoms. The lowest BCUT2D eigenvalue weighted by Crippen LogP contribution is -2.14. The smallest absolute Gasteiger partial charge is 0.230 e. The number of aliphatic hydroxyl groups excluding tert-OH is 1. The number of amides is 1. The van der Waals surface area contributed by atoms with Gasteiger partial charge in [0.1, 0.15) is 0 Å². The molecule has 0 saturated heterocycles. The topological polar surface area (TPSA) is 88.2 Å². The molecule has 0 aliphatic carbocycles. The number of nitrogen functional groups attached to an aromatic ring is 1. The molecule has 3 rings (SSSR count). The van der Waals surface area contributed by atoms with Crippen LogP contribution in [0.2, 0.25) is 0 Å². The van der Waals surface area contributed by atoms with E-state index < -0.39 is 31.1 Å². The number of nitrogens with two attached hydrogens (primary N) is 1. The highest BCUT2D eigenvalue weighted by Gasteiger charge is 2.08. The Hall–Kier alpha value is -2.70. The number of thiazole rings is 1. The van der Waals surface area contributed by atoms with E-state index in [1.807, 2.05) is 6.07 Å². The Labute approximate surface area is 177 Å². The second-order valence-electron chi connectivity index (χ2n) is 5.99. The monoisotopic (exact) mass is 401 g/mol. The molecule has 0 saturated carbocycles. The van der Waals surface area contributed by atoms with Gasteiger partial charge in [0.15, 0.2) is 5.13 Å². The Morgan fingerprint density at radius 3 is 2.64 bits per heavy atom. The molecule has 146 valence electrons. The number of hydrogen-bond donors (Lipinski definition) is 3. The molecule has 0 spiro atoms. The average molecular weight is 402 g/mol. The maximum Gasteiger partial charge on any atom is 0.230 e. The van der Waals surface area contributed by atoms with E-state index in [4.69, 9.17) is 14.0 Å². The molecule has 3 aromatic rings. The summed E-state index contributed by atoms with van der Waals surface area (Å²) in [4.78, 5) is 16.2. The molecule has 4 N–H and O–H groups in total. The number of carbonyl (C=O) groups is 1. The summed E-state index contributed by atoms with van der Waals surface area (Å²) >= 11 is 1.02. The third-order valence-electron chi connectivity index (χ3n) is 3.87. The lowest BCUT2D eigenvalue weighted by molar-refractivity contribution is -0.115. The van der Waals surface area contributed by atoms with Crippen molar-refractivity contribution in [2.75, 3.05) is 11.1 Å². The minimum Gasteiger partial charge on any atom is -0.388 e. The number of nitrogens with zero attached hydrogens (tertiary/aromatic N) is 1. The molecule has 0 aliphatic rings. The predicted molar refractivity (Wildman–Crippen MR) is 114 cm³/mol. The molecule has 0 radical (unpaired) electrons. The normalized spacial score (nSPS) is 16.6. The van der Waals surface area contributed by atoms with Crippen molar-refractivity contribution in [3.8, 4) is 0 Å². The van der Waals surface area contributed by atoms with Crippen molar-refractivity contribution >= 4 is 28.1 Å². The fourth-order valence-corrected chi connectivity index (χ4v) is 2.97. The predicted octanol–water partition coefficient (Wildman–Crippen LogP) is 4.35. The summed E-state index contributed by atoms with van der Waals surface area (Å²) in [7, 11) is 0. The van der Waals surface area contributed by atoms with E-state index in [2.05, 4.69) is 10.3 Å². The maximum atomic E-state index is 12.4. The van der Waals surface area contributed by atoms with E-state index in [1.165, 1.54) is 29.6 Å². The van der Waals surface area contributed by atoms with Crippen molar-refractivity contribution in [3.05, 3.63) is 76.8 Å². The van der Waals surface area contributed by atoms with Crippen LogP contribution in [-0.4, -0.2) is 16.0 Å². The molecule has 0 fully saturated rings. The first-order chi connectivity index (χ1) is 15.8. The van der Waals surface area contributed by atoms with Crippen LogP contribution in [0.4, 0.5) is 10.8 Å². The van der Waals surface area contributed by atoms with Gasteiger partial charge in [0.05, 0.1) is 18.2 Å². The molecule has 2 aromatic carbocycles. The zero-order valence-electron chi connectivity index (χ0n) is 21.1. The Kier molecular flexibility index (Phi) is 4.82. The van der Waals surface area contributed by atoms with Gasteiger partial charge < -0.3 is 16.2 Å². The van der Waals surface area contributed by atoms with E-state index in [0.717, 1.165) is 11.3 Å². The molecular weight excluding hydrogens is 370 g/mol. The van der Waals surface area contributed by atoms with Crippen molar-refractivity contribution in [2.45, 2.75) is 38.1 Å². The van der Waals surface area contributed by atoms with Crippen molar-refractivity contribution < 1.29 is 18.1 Å². The van der Waals surface area contributed by atoms with Crippen molar-refractivity contribution in [3.63, 3.8) is 0 Å². The van der Waals surface area contributed by atoms with Gasteiger partial charge in [0, 0.05) is 19.3 Å². The zero-order chi connectivity index (χ0) is 25.1. The molecule has 1 aromatic heterocycles. The second kappa shape index (κ2) is 10.0. The third-order valence-corrected chi connectivity index (χ3v) is 4.54. The van der Waals surface area contributed by atoms with Gasteiger partial charge in [-0.3, -0.25) is 4.79 Å². The van der Waals surface area contributed by atoms with Gasteiger partial charge in [-0.2, -0.15) is 0 Å². The molecule has 1 heterocycles. The number of hydrogen-bond acceptors (Lipinski definition) is 5. The van der Waals surface area contributed by atoms with E-state index in [0.29, 0.717) is 5.56 Å². The third kappa shape index (κ3) is 6.18. The number of aliphatic hydroxyl groups is 1. The quantitative estimate of drug-likeness (QED) is 0.497. The summed E-state index contributed by atoms with van der Waals surface area (Å²) in [6.07, 6.45) is -8.16. The minimum atomic E-state index is -2.42. The van der Waals surface area contributed by atoms with E-state index in [9.17, 15) is 9.90 Å². The molecule has 0 unspecified atom stereocenters. The van der Waals surface area contributed by atoms with Gasteiger partial charge in [0.25, 0.3) is 0 Å². The molecule has 5 nitrogen and oxygen atoms in total. The minimum absolute atomic E-state index is 0.0425. The van der Waals surface area contributed by atoms with Crippen molar-refractivity contribution in [1.29, 1.82) is 0 Å². The number of carbonyl (C=O) groups excluding carboxylic acids is 1. The maximum absolute atomic E-state index is 12.4. The summed E-state index contributed by atoms with van der Waals surface area (Å²) < 4.78 is 49.4. The van der Waals surface area contributed by atoms with Crippen LogP contribution in [0.3, 0.4) is 0 Å². The molecular formula is C22H25N3O2S. The average Bonchev–Trinajstić information content (AvgIpc) is 3.25. The summed E-state index contributed by atoms with van der Waals surface area (Å²) in [6.45, 7) is 0. The number of anilines is 2. The highest BCUT2D eigenvalue weighted by Crippen LogP contribution is 2.20. The number of benzene rings is 2. The molecule has 6 heteroatoms.